The third-order valence-electron chi connectivity index (χ3n) is 6.85. The predicted octanol–water partition coefficient (Wildman–Crippen LogP) is 8.86. The quantitative estimate of drug-likeness (QED) is 0.404. The fraction of sp³-hybridized carbons (Fsp3) is 0.438. The van der Waals surface area contributed by atoms with Crippen molar-refractivity contribution in [1.29, 1.82) is 0 Å². The summed E-state index contributed by atoms with van der Waals surface area (Å²) in [5.74, 6) is 1.44. The molecule has 1 atom stereocenters. The van der Waals surface area contributed by atoms with Crippen LogP contribution in [0.5, 0.6) is 0 Å². The van der Waals surface area contributed by atoms with Gasteiger partial charge in [0.15, 0.2) is 0 Å². The molecular weight excluding hydrogens is 400 g/mol. The van der Waals surface area contributed by atoms with Gasteiger partial charge in [-0.25, -0.2) is 0 Å². The number of aryl methyl sites for hydroxylation is 2. The lowest BCUT2D eigenvalue weighted by molar-refractivity contribution is 0.0633. The second kappa shape index (κ2) is 14.0. The van der Waals surface area contributed by atoms with Gasteiger partial charge >= 0.3 is 0 Å². The molecular formula is C32H44O. The topological polar surface area (TPSA) is 9.23 Å². The van der Waals surface area contributed by atoms with E-state index in [0.717, 1.165) is 32.0 Å². The molecule has 33 heavy (non-hydrogen) atoms. The van der Waals surface area contributed by atoms with Gasteiger partial charge < -0.3 is 4.74 Å². The third kappa shape index (κ3) is 7.57. The van der Waals surface area contributed by atoms with E-state index in [9.17, 15) is 0 Å². The molecule has 1 unspecified atom stereocenters. The molecule has 1 nitrogen and oxygen atoms in total. The molecule has 3 aliphatic rings. The van der Waals surface area contributed by atoms with E-state index in [1.165, 1.54) is 54.4 Å². The predicted molar refractivity (Wildman–Crippen MR) is 146 cm³/mol. The molecule has 1 aliphatic heterocycles. The van der Waals surface area contributed by atoms with Crippen molar-refractivity contribution >= 4 is 5.57 Å². The number of rotatable bonds is 6. The number of ether oxygens (including phenoxy) is 1. The second-order valence-electron chi connectivity index (χ2n) is 8.96. The van der Waals surface area contributed by atoms with E-state index < -0.39 is 0 Å². The Balaban J connectivity index is 0.000000331. The van der Waals surface area contributed by atoms with Gasteiger partial charge in [0.25, 0.3) is 0 Å². The molecule has 0 N–H and O–H groups in total. The average Bonchev–Trinajstić information content (AvgIpc) is 3.46. The molecule has 0 amide bonds. The summed E-state index contributed by atoms with van der Waals surface area (Å²) in [5, 5.41) is 0. The highest BCUT2D eigenvalue weighted by Gasteiger charge is 2.24. The molecule has 0 saturated carbocycles. The number of fused-ring (bicyclic) bond motifs is 1. The SMILES string of the molecule is C.C.C1=CC2C(=CC=C2c2ccc(CCCC3CCOCC3)cc2)C1.CCc1ccccc1. The van der Waals surface area contributed by atoms with Crippen molar-refractivity contribution in [3.63, 3.8) is 0 Å². The monoisotopic (exact) mass is 444 g/mol. The van der Waals surface area contributed by atoms with Gasteiger partial charge in [-0.1, -0.05) is 106 Å². The van der Waals surface area contributed by atoms with Gasteiger partial charge in [-0.15, -0.1) is 0 Å². The molecule has 2 aliphatic carbocycles. The Hall–Kier alpha value is -2.38. The van der Waals surface area contributed by atoms with Crippen LogP contribution in [0.3, 0.4) is 0 Å². The minimum absolute atomic E-state index is 0. The van der Waals surface area contributed by atoms with Crippen molar-refractivity contribution in [2.24, 2.45) is 11.8 Å². The highest BCUT2D eigenvalue weighted by molar-refractivity contribution is 5.77. The summed E-state index contributed by atoms with van der Waals surface area (Å²) in [5.41, 5.74) is 7.31. The maximum absolute atomic E-state index is 5.44. The Morgan fingerprint density at radius 2 is 1.58 bits per heavy atom. The second-order valence-corrected chi connectivity index (χ2v) is 8.96. The van der Waals surface area contributed by atoms with Crippen molar-refractivity contribution in [3.05, 3.63) is 101 Å². The van der Waals surface area contributed by atoms with Gasteiger partial charge in [0.2, 0.25) is 0 Å². The molecule has 1 fully saturated rings. The van der Waals surface area contributed by atoms with Gasteiger partial charge in [0, 0.05) is 19.1 Å². The van der Waals surface area contributed by atoms with E-state index in [1.54, 1.807) is 5.57 Å². The molecule has 178 valence electrons. The zero-order valence-electron chi connectivity index (χ0n) is 18.9. The maximum atomic E-state index is 5.44. The minimum Gasteiger partial charge on any atom is -0.381 e. The van der Waals surface area contributed by atoms with Crippen LogP contribution in [0.1, 0.15) is 70.6 Å². The summed E-state index contributed by atoms with van der Waals surface area (Å²) in [7, 11) is 0. The van der Waals surface area contributed by atoms with E-state index in [0.29, 0.717) is 5.92 Å². The summed E-state index contributed by atoms with van der Waals surface area (Å²) >= 11 is 0. The normalized spacial score (nSPS) is 18.8. The first-order valence-electron chi connectivity index (χ1n) is 12.1. The molecule has 0 spiro atoms. The molecule has 1 heteroatoms. The molecule has 0 radical (unpaired) electrons. The molecule has 1 heterocycles. The van der Waals surface area contributed by atoms with Crippen molar-refractivity contribution < 1.29 is 4.74 Å². The van der Waals surface area contributed by atoms with E-state index in [4.69, 9.17) is 4.74 Å². The Labute approximate surface area is 203 Å². The van der Waals surface area contributed by atoms with Crippen LogP contribution in [0.15, 0.2) is 84.5 Å². The van der Waals surface area contributed by atoms with Crippen LogP contribution in [0.25, 0.3) is 5.57 Å². The number of benzene rings is 2. The highest BCUT2D eigenvalue weighted by Crippen LogP contribution is 2.40. The highest BCUT2D eigenvalue weighted by atomic mass is 16.5. The molecule has 0 aromatic heterocycles. The van der Waals surface area contributed by atoms with Crippen LogP contribution in [0, 0.1) is 11.8 Å². The van der Waals surface area contributed by atoms with Gasteiger partial charge in [0.1, 0.15) is 0 Å². The first kappa shape index (κ1) is 26.9. The minimum atomic E-state index is 0. The molecule has 2 aromatic rings. The maximum Gasteiger partial charge on any atom is 0.0468 e. The van der Waals surface area contributed by atoms with Crippen molar-refractivity contribution in [2.75, 3.05) is 13.2 Å². The molecule has 2 aromatic carbocycles. The summed E-state index contributed by atoms with van der Waals surface area (Å²) in [6.07, 6.45) is 17.9. The fourth-order valence-electron chi connectivity index (χ4n) is 4.85. The summed E-state index contributed by atoms with van der Waals surface area (Å²) in [6.45, 7) is 4.11. The first-order valence-corrected chi connectivity index (χ1v) is 12.1. The lowest BCUT2D eigenvalue weighted by atomic mass is 9.91. The molecule has 5 rings (SSSR count). The average molecular weight is 445 g/mol. The Bertz CT molecular complexity index is 895. The van der Waals surface area contributed by atoms with Crippen molar-refractivity contribution in [2.45, 2.75) is 66.7 Å². The summed E-state index contributed by atoms with van der Waals surface area (Å²) < 4.78 is 5.44. The van der Waals surface area contributed by atoms with Gasteiger partial charge in [0.05, 0.1) is 0 Å². The number of hydrogen-bond acceptors (Lipinski definition) is 1. The lowest BCUT2D eigenvalue weighted by Gasteiger charge is -2.21. The van der Waals surface area contributed by atoms with E-state index in [1.807, 2.05) is 6.07 Å². The smallest absolute Gasteiger partial charge is 0.0468 e. The molecule has 0 bridgehead atoms. The van der Waals surface area contributed by atoms with Crippen LogP contribution in [0.4, 0.5) is 0 Å². The van der Waals surface area contributed by atoms with Gasteiger partial charge in [-0.2, -0.15) is 0 Å². The first-order chi connectivity index (χ1) is 15.3. The zero-order chi connectivity index (χ0) is 21.3. The van der Waals surface area contributed by atoms with E-state index >= 15 is 0 Å². The summed E-state index contributed by atoms with van der Waals surface area (Å²) in [6, 6.07) is 19.8. The number of allylic oxidation sites excluding steroid dienone is 6. The largest absolute Gasteiger partial charge is 0.381 e. The standard InChI is InChI=1S/C22H26O.C8H10.2CH4/c1(4-18-13-15-23-16-14-18)3-17-7-9-20(10-8-17)22-12-11-19-5-2-6-21(19)22;1-2-8-6-4-3-5-7-8;;/h2,6-12,18,21H,1,3-5,13-16H2;3-7H,2H2,1H3;2*1H4. The number of hydrogen-bond donors (Lipinski definition) is 0. The Morgan fingerprint density at radius 3 is 2.24 bits per heavy atom. The molecule has 1 saturated heterocycles. The van der Waals surface area contributed by atoms with Gasteiger partial charge in [-0.3, -0.25) is 0 Å². The van der Waals surface area contributed by atoms with E-state index in [2.05, 4.69) is 79.8 Å². The zero-order valence-corrected chi connectivity index (χ0v) is 18.9. The fourth-order valence-corrected chi connectivity index (χ4v) is 4.85. The Morgan fingerprint density at radius 1 is 0.848 bits per heavy atom. The van der Waals surface area contributed by atoms with Gasteiger partial charge in [-0.05, 0) is 73.1 Å². The van der Waals surface area contributed by atoms with Crippen LogP contribution >= 0.6 is 0 Å². The van der Waals surface area contributed by atoms with Crippen LogP contribution in [0.2, 0.25) is 0 Å². The lowest BCUT2D eigenvalue weighted by Crippen LogP contribution is -2.15. The third-order valence-corrected chi connectivity index (χ3v) is 6.85. The Kier molecular flexibility index (Phi) is 11.4. The summed E-state index contributed by atoms with van der Waals surface area (Å²) in [4.78, 5) is 0. The van der Waals surface area contributed by atoms with E-state index in [-0.39, 0.29) is 14.9 Å². The van der Waals surface area contributed by atoms with Crippen LogP contribution < -0.4 is 0 Å². The van der Waals surface area contributed by atoms with Crippen molar-refractivity contribution in [1.82, 2.24) is 0 Å². The van der Waals surface area contributed by atoms with Crippen molar-refractivity contribution in [3.8, 4) is 0 Å². The van der Waals surface area contributed by atoms with Crippen LogP contribution in [-0.2, 0) is 17.6 Å². The van der Waals surface area contributed by atoms with Crippen LogP contribution in [-0.4, -0.2) is 13.2 Å².